The topological polar surface area (TPSA) is 75.3 Å². The number of aliphatic hydroxyl groups excluding tert-OH is 1. The number of carbonyl (C=O) groups excluding carboxylic acids is 1. The van der Waals surface area contributed by atoms with Crippen LogP contribution in [0.1, 0.15) is 30.2 Å². The number of hydrogen-bond donors (Lipinski definition) is 3. The number of amides is 1. The van der Waals surface area contributed by atoms with Crippen molar-refractivity contribution in [2.24, 2.45) is 5.73 Å². The Labute approximate surface area is 163 Å². The molecule has 0 aromatic heterocycles. The predicted molar refractivity (Wildman–Crippen MR) is 110 cm³/mol. The van der Waals surface area contributed by atoms with E-state index in [9.17, 15) is 9.90 Å². The molecule has 0 radical (unpaired) electrons. The van der Waals surface area contributed by atoms with E-state index in [1.165, 1.54) is 6.92 Å². The van der Waals surface area contributed by atoms with Crippen LogP contribution in [-0.2, 0) is 4.79 Å². The lowest BCUT2D eigenvalue weighted by Crippen LogP contribution is -2.22. The van der Waals surface area contributed by atoms with Gasteiger partial charge in [0.1, 0.15) is 6.10 Å². The Balaban J connectivity index is 2.10. The van der Waals surface area contributed by atoms with Gasteiger partial charge in [0, 0.05) is 23.2 Å². The van der Waals surface area contributed by atoms with E-state index >= 15 is 0 Å². The monoisotopic (exact) mass is 380 g/mol. The second kappa shape index (κ2) is 8.35. The van der Waals surface area contributed by atoms with Gasteiger partial charge in [-0.1, -0.05) is 66.2 Å². The van der Waals surface area contributed by atoms with E-state index in [4.69, 9.17) is 17.3 Å². The zero-order chi connectivity index (χ0) is 19.4. The Morgan fingerprint density at radius 2 is 1.67 bits per heavy atom. The van der Waals surface area contributed by atoms with Crippen molar-refractivity contribution in [1.29, 1.82) is 0 Å². The first kappa shape index (κ1) is 19.1. The van der Waals surface area contributed by atoms with Crippen LogP contribution in [0.2, 0.25) is 5.02 Å². The molecule has 4 nitrogen and oxygen atoms in total. The fourth-order valence-corrected chi connectivity index (χ4v) is 3.22. The predicted octanol–water partition coefficient (Wildman–Crippen LogP) is 4.70. The molecule has 0 saturated heterocycles. The third-order valence-corrected chi connectivity index (χ3v) is 4.64. The summed E-state index contributed by atoms with van der Waals surface area (Å²) in [5.41, 5.74) is 9.99. The molecule has 138 valence electrons. The van der Waals surface area contributed by atoms with Crippen molar-refractivity contribution in [3.8, 4) is 11.1 Å². The zero-order valence-corrected chi connectivity index (χ0v) is 15.6. The molecule has 0 fully saturated rings. The molecule has 0 spiro atoms. The van der Waals surface area contributed by atoms with Gasteiger partial charge in [-0.3, -0.25) is 4.79 Å². The van der Waals surface area contributed by atoms with Crippen LogP contribution in [0.4, 0.5) is 5.69 Å². The van der Waals surface area contributed by atoms with Gasteiger partial charge in [0.25, 0.3) is 0 Å². The summed E-state index contributed by atoms with van der Waals surface area (Å²) < 4.78 is 0. The number of benzene rings is 3. The van der Waals surface area contributed by atoms with Crippen molar-refractivity contribution in [2.45, 2.75) is 19.1 Å². The van der Waals surface area contributed by atoms with Gasteiger partial charge < -0.3 is 16.2 Å². The van der Waals surface area contributed by atoms with Crippen LogP contribution >= 0.6 is 11.6 Å². The average Bonchev–Trinajstić information content (AvgIpc) is 2.67. The van der Waals surface area contributed by atoms with E-state index in [1.807, 2.05) is 42.5 Å². The SMILES string of the molecule is CC(=O)Nc1cccc(-c2ccccc2)c1C(O)C(N)c1ccc(Cl)cc1. The molecular formula is C22H21ClN2O2. The maximum absolute atomic E-state index is 11.7. The van der Waals surface area contributed by atoms with Crippen molar-refractivity contribution >= 4 is 23.2 Å². The summed E-state index contributed by atoms with van der Waals surface area (Å²) in [4.78, 5) is 11.7. The lowest BCUT2D eigenvalue weighted by molar-refractivity contribution is -0.114. The molecule has 0 heterocycles. The summed E-state index contributed by atoms with van der Waals surface area (Å²) in [6, 6.07) is 21.6. The standard InChI is InChI=1S/C22H21ClN2O2/c1-14(26)25-19-9-5-8-18(15-6-3-2-4-7-15)20(19)22(27)21(24)16-10-12-17(23)13-11-16/h2-13,21-22,27H,24H2,1H3,(H,25,26). The summed E-state index contributed by atoms with van der Waals surface area (Å²) in [5, 5.41) is 14.5. The lowest BCUT2D eigenvalue weighted by Gasteiger charge is -2.25. The van der Waals surface area contributed by atoms with Crippen molar-refractivity contribution in [1.82, 2.24) is 0 Å². The molecule has 27 heavy (non-hydrogen) atoms. The maximum atomic E-state index is 11.7. The highest BCUT2D eigenvalue weighted by atomic mass is 35.5. The van der Waals surface area contributed by atoms with Crippen molar-refractivity contribution in [2.75, 3.05) is 5.32 Å². The van der Waals surface area contributed by atoms with Gasteiger partial charge in [-0.15, -0.1) is 0 Å². The molecule has 0 saturated carbocycles. The van der Waals surface area contributed by atoms with Gasteiger partial charge in [-0.25, -0.2) is 0 Å². The Morgan fingerprint density at radius 1 is 1.00 bits per heavy atom. The number of nitrogens with one attached hydrogen (secondary N) is 1. The smallest absolute Gasteiger partial charge is 0.221 e. The molecule has 3 aromatic carbocycles. The number of aliphatic hydroxyl groups is 1. The van der Waals surface area contributed by atoms with E-state index in [0.29, 0.717) is 16.3 Å². The zero-order valence-electron chi connectivity index (χ0n) is 14.9. The normalized spacial score (nSPS) is 13.0. The minimum atomic E-state index is -1.02. The molecule has 0 aliphatic heterocycles. The summed E-state index contributed by atoms with van der Waals surface area (Å²) in [6.45, 7) is 1.43. The molecule has 4 N–H and O–H groups in total. The highest BCUT2D eigenvalue weighted by Crippen LogP contribution is 2.39. The molecule has 1 amide bonds. The fourth-order valence-electron chi connectivity index (χ4n) is 3.10. The molecule has 3 rings (SSSR count). The minimum Gasteiger partial charge on any atom is -0.386 e. The summed E-state index contributed by atoms with van der Waals surface area (Å²) in [5.74, 6) is -0.214. The van der Waals surface area contributed by atoms with Crippen molar-refractivity contribution < 1.29 is 9.90 Å². The van der Waals surface area contributed by atoms with Gasteiger partial charge in [-0.2, -0.15) is 0 Å². The van der Waals surface area contributed by atoms with Crippen molar-refractivity contribution in [3.05, 3.63) is 88.9 Å². The van der Waals surface area contributed by atoms with Crippen LogP contribution in [-0.4, -0.2) is 11.0 Å². The second-order valence-corrected chi connectivity index (χ2v) is 6.77. The van der Waals surface area contributed by atoms with Gasteiger partial charge in [0.2, 0.25) is 5.91 Å². The molecule has 0 aliphatic carbocycles. The number of nitrogens with two attached hydrogens (primary N) is 1. The molecular weight excluding hydrogens is 360 g/mol. The van der Waals surface area contributed by atoms with Crippen LogP contribution in [0.5, 0.6) is 0 Å². The molecule has 2 atom stereocenters. The number of halogens is 1. The Morgan fingerprint density at radius 3 is 2.30 bits per heavy atom. The molecule has 2 unspecified atom stereocenters. The van der Waals surface area contributed by atoms with E-state index in [1.54, 1.807) is 30.3 Å². The third kappa shape index (κ3) is 4.37. The van der Waals surface area contributed by atoms with E-state index in [2.05, 4.69) is 5.32 Å². The van der Waals surface area contributed by atoms with Gasteiger partial charge >= 0.3 is 0 Å². The number of rotatable bonds is 5. The molecule has 3 aromatic rings. The largest absolute Gasteiger partial charge is 0.386 e. The highest BCUT2D eigenvalue weighted by molar-refractivity contribution is 6.30. The Hall–Kier alpha value is -2.66. The lowest BCUT2D eigenvalue weighted by atomic mass is 9.89. The average molecular weight is 381 g/mol. The van der Waals surface area contributed by atoms with Gasteiger partial charge in [0.05, 0.1) is 6.04 Å². The third-order valence-electron chi connectivity index (χ3n) is 4.39. The van der Waals surface area contributed by atoms with Crippen LogP contribution in [0.25, 0.3) is 11.1 Å². The Kier molecular flexibility index (Phi) is 5.91. The summed E-state index contributed by atoms with van der Waals surface area (Å²) in [6.07, 6.45) is -1.02. The van der Waals surface area contributed by atoms with E-state index < -0.39 is 12.1 Å². The minimum absolute atomic E-state index is 0.214. The van der Waals surface area contributed by atoms with Crippen LogP contribution in [0.15, 0.2) is 72.8 Å². The number of anilines is 1. The highest BCUT2D eigenvalue weighted by Gasteiger charge is 2.25. The maximum Gasteiger partial charge on any atom is 0.221 e. The van der Waals surface area contributed by atoms with Crippen LogP contribution in [0.3, 0.4) is 0 Å². The summed E-state index contributed by atoms with van der Waals surface area (Å²) in [7, 11) is 0. The number of hydrogen-bond acceptors (Lipinski definition) is 3. The molecule has 0 aliphatic rings. The first-order chi connectivity index (χ1) is 13.0. The fraction of sp³-hybridized carbons (Fsp3) is 0.136. The van der Waals surface area contributed by atoms with E-state index in [-0.39, 0.29) is 5.91 Å². The van der Waals surface area contributed by atoms with E-state index in [0.717, 1.165) is 16.7 Å². The van der Waals surface area contributed by atoms with Gasteiger partial charge in [-0.05, 0) is 34.9 Å². The van der Waals surface area contributed by atoms with Crippen molar-refractivity contribution in [3.63, 3.8) is 0 Å². The number of carbonyl (C=O) groups is 1. The molecule has 5 heteroatoms. The van der Waals surface area contributed by atoms with Crippen LogP contribution < -0.4 is 11.1 Å². The summed E-state index contributed by atoms with van der Waals surface area (Å²) >= 11 is 5.95. The second-order valence-electron chi connectivity index (χ2n) is 6.34. The first-order valence-corrected chi connectivity index (χ1v) is 9.00. The molecule has 0 bridgehead atoms. The van der Waals surface area contributed by atoms with Crippen LogP contribution in [0, 0.1) is 0 Å². The quantitative estimate of drug-likeness (QED) is 0.600. The van der Waals surface area contributed by atoms with Gasteiger partial charge in [0.15, 0.2) is 0 Å². The Bertz CT molecular complexity index is 927. The first-order valence-electron chi connectivity index (χ1n) is 8.62.